The Morgan fingerprint density at radius 2 is 1.87 bits per heavy atom. The van der Waals surface area contributed by atoms with Gasteiger partial charge in [0.1, 0.15) is 11.2 Å². The molecule has 0 spiro atoms. The standard InChI is InChI=1S/C21H22FN3O5S/c1-13-4-6-14(7-5-13)15-10-16(22)18-17(11-15)23-12-25(19(18)26)9-8-21(2,20(27)24-28)31(3,29)30/h4-7,10-12,28H,8-9H2,1-3H3,(H,24,27)/t21-/m1/s1. The van der Waals surface area contributed by atoms with Gasteiger partial charge in [-0.05, 0) is 43.5 Å². The zero-order chi connectivity index (χ0) is 23.0. The minimum Gasteiger partial charge on any atom is -0.299 e. The number of sulfone groups is 1. The van der Waals surface area contributed by atoms with Gasteiger partial charge in [-0.25, -0.2) is 23.3 Å². The first-order chi connectivity index (χ1) is 14.5. The summed E-state index contributed by atoms with van der Waals surface area (Å²) in [7, 11) is -3.93. The average Bonchev–Trinajstić information content (AvgIpc) is 2.71. The molecule has 1 aromatic heterocycles. The zero-order valence-electron chi connectivity index (χ0n) is 17.2. The van der Waals surface area contributed by atoms with Gasteiger partial charge in [-0.2, -0.15) is 0 Å². The number of carbonyl (C=O) groups is 1. The molecule has 0 saturated heterocycles. The summed E-state index contributed by atoms with van der Waals surface area (Å²) in [5.74, 6) is -1.87. The van der Waals surface area contributed by atoms with E-state index in [0.29, 0.717) is 5.56 Å². The molecule has 0 bridgehead atoms. The van der Waals surface area contributed by atoms with E-state index < -0.39 is 31.9 Å². The number of fused-ring (bicyclic) bond motifs is 1. The maximum Gasteiger partial charge on any atom is 0.264 e. The van der Waals surface area contributed by atoms with Crippen molar-refractivity contribution >= 4 is 26.6 Å². The lowest BCUT2D eigenvalue weighted by Crippen LogP contribution is -2.50. The molecule has 2 N–H and O–H groups in total. The first-order valence-corrected chi connectivity index (χ1v) is 11.3. The first-order valence-electron chi connectivity index (χ1n) is 9.38. The Kier molecular flexibility index (Phi) is 5.97. The highest BCUT2D eigenvalue weighted by molar-refractivity contribution is 7.92. The third-order valence-electron chi connectivity index (χ3n) is 5.50. The summed E-state index contributed by atoms with van der Waals surface area (Å²) >= 11 is 0. The Hall–Kier alpha value is -3.11. The molecule has 0 unspecified atom stereocenters. The molecule has 0 radical (unpaired) electrons. The van der Waals surface area contributed by atoms with Gasteiger partial charge in [0.25, 0.3) is 11.5 Å². The second-order valence-corrected chi connectivity index (χ2v) is 10.1. The summed E-state index contributed by atoms with van der Waals surface area (Å²) in [5.41, 5.74) is 3.21. The molecule has 1 heterocycles. The summed E-state index contributed by atoms with van der Waals surface area (Å²) in [4.78, 5) is 28.9. The van der Waals surface area contributed by atoms with Gasteiger partial charge >= 0.3 is 0 Å². The molecule has 1 atom stereocenters. The number of hydroxylamine groups is 1. The number of nitrogens with one attached hydrogen (secondary N) is 1. The van der Waals surface area contributed by atoms with Gasteiger partial charge < -0.3 is 0 Å². The number of benzene rings is 2. The fourth-order valence-corrected chi connectivity index (χ4v) is 4.07. The second-order valence-electron chi connectivity index (χ2n) is 7.66. The number of rotatable bonds is 6. The van der Waals surface area contributed by atoms with E-state index in [4.69, 9.17) is 5.21 Å². The van der Waals surface area contributed by atoms with E-state index in [1.54, 1.807) is 6.07 Å². The van der Waals surface area contributed by atoms with Gasteiger partial charge in [0.15, 0.2) is 14.6 Å². The van der Waals surface area contributed by atoms with E-state index in [2.05, 4.69) is 4.98 Å². The van der Waals surface area contributed by atoms with Crippen molar-refractivity contribution < 1.29 is 22.8 Å². The number of aromatic nitrogens is 2. The Bertz CT molecular complexity index is 1320. The van der Waals surface area contributed by atoms with Crippen molar-refractivity contribution in [3.63, 3.8) is 0 Å². The number of amides is 1. The number of carbonyl (C=O) groups excluding carboxylic acids is 1. The topological polar surface area (TPSA) is 118 Å². The highest BCUT2D eigenvalue weighted by Gasteiger charge is 2.43. The van der Waals surface area contributed by atoms with E-state index in [1.165, 1.54) is 17.9 Å². The van der Waals surface area contributed by atoms with Crippen LogP contribution in [-0.2, 0) is 21.2 Å². The monoisotopic (exact) mass is 447 g/mol. The minimum atomic E-state index is -3.93. The summed E-state index contributed by atoms with van der Waals surface area (Å²) in [6.07, 6.45) is 1.72. The molecule has 0 aliphatic carbocycles. The van der Waals surface area contributed by atoms with Crippen molar-refractivity contribution in [1.82, 2.24) is 15.0 Å². The van der Waals surface area contributed by atoms with Crippen molar-refractivity contribution in [3.8, 4) is 11.1 Å². The van der Waals surface area contributed by atoms with E-state index in [0.717, 1.165) is 28.9 Å². The van der Waals surface area contributed by atoms with Crippen LogP contribution in [0.15, 0.2) is 47.5 Å². The molecule has 31 heavy (non-hydrogen) atoms. The van der Waals surface area contributed by atoms with Crippen LogP contribution < -0.4 is 11.0 Å². The molecule has 0 aliphatic rings. The first kappa shape index (κ1) is 22.6. The smallest absolute Gasteiger partial charge is 0.264 e. The summed E-state index contributed by atoms with van der Waals surface area (Å²) in [5, 5.41) is 8.67. The van der Waals surface area contributed by atoms with Crippen LogP contribution in [0.1, 0.15) is 18.9 Å². The predicted octanol–water partition coefficient (Wildman–Crippen LogP) is 2.21. The number of aryl methyl sites for hydroxylation is 2. The number of nitrogens with zero attached hydrogens (tertiary/aromatic N) is 2. The van der Waals surface area contributed by atoms with Crippen LogP contribution in [-0.4, -0.2) is 40.1 Å². The predicted molar refractivity (Wildman–Crippen MR) is 114 cm³/mol. The molecule has 1 amide bonds. The summed E-state index contributed by atoms with van der Waals surface area (Å²) in [6, 6.07) is 10.3. The summed E-state index contributed by atoms with van der Waals surface area (Å²) < 4.78 is 38.1. The molecule has 0 aliphatic heterocycles. The number of hydrogen-bond acceptors (Lipinski definition) is 6. The van der Waals surface area contributed by atoms with Gasteiger partial charge in [-0.1, -0.05) is 29.8 Å². The average molecular weight is 447 g/mol. The Morgan fingerprint density at radius 3 is 2.45 bits per heavy atom. The van der Waals surface area contributed by atoms with Gasteiger partial charge in [0.05, 0.1) is 11.8 Å². The quantitative estimate of drug-likeness (QED) is 0.442. The SMILES string of the molecule is Cc1ccc(-c2cc(F)c3c(=O)n(CC[C@](C)(C(=O)NO)S(C)(=O)=O)cnc3c2)cc1. The van der Waals surface area contributed by atoms with Gasteiger partial charge in [-0.15, -0.1) is 0 Å². The van der Waals surface area contributed by atoms with Crippen LogP contribution in [0.25, 0.3) is 22.0 Å². The van der Waals surface area contributed by atoms with E-state index in [1.807, 2.05) is 31.2 Å². The van der Waals surface area contributed by atoms with Gasteiger partial charge in [0, 0.05) is 12.8 Å². The molecule has 3 aromatic rings. The van der Waals surface area contributed by atoms with Crippen molar-refractivity contribution in [3.05, 3.63) is 64.5 Å². The lowest BCUT2D eigenvalue weighted by molar-refractivity contribution is -0.131. The molecule has 8 nitrogen and oxygen atoms in total. The highest BCUT2D eigenvalue weighted by atomic mass is 32.2. The van der Waals surface area contributed by atoms with Crippen LogP contribution in [0.3, 0.4) is 0 Å². The lowest BCUT2D eigenvalue weighted by atomic mass is 10.0. The molecular formula is C21H22FN3O5S. The molecule has 0 saturated carbocycles. The third-order valence-corrected chi connectivity index (χ3v) is 7.52. The molecule has 3 rings (SSSR count). The third kappa shape index (κ3) is 4.21. The second kappa shape index (κ2) is 8.20. The molecule has 0 fully saturated rings. The maximum atomic E-state index is 14.9. The molecule has 2 aromatic carbocycles. The Balaban J connectivity index is 2.01. The van der Waals surface area contributed by atoms with E-state index >= 15 is 0 Å². The highest BCUT2D eigenvalue weighted by Crippen LogP contribution is 2.26. The fraction of sp³-hybridized carbons (Fsp3) is 0.286. The van der Waals surface area contributed by atoms with Gasteiger partial charge in [-0.3, -0.25) is 19.4 Å². The zero-order valence-corrected chi connectivity index (χ0v) is 18.0. The van der Waals surface area contributed by atoms with Crippen molar-refractivity contribution in [2.24, 2.45) is 0 Å². The number of halogens is 1. The Labute approximate surface area is 178 Å². The number of hydrogen-bond donors (Lipinski definition) is 2. The lowest BCUT2D eigenvalue weighted by Gasteiger charge is -2.25. The minimum absolute atomic E-state index is 0.163. The normalized spacial score (nSPS) is 13.7. The van der Waals surface area contributed by atoms with E-state index in [9.17, 15) is 22.4 Å². The van der Waals surface area contributed by atoms with Crippen LogP contribution in [0, 0.1) is 12.7 Å². The van der Waals surface area contributed by atoms with Crippen LogP contribution >= 0.6 is 0 Å². The van der Waals surface area contributed by atoms with Crippen LogP contribution in [0.5, 0.6) is 0 Å². The summed E-state index contributed by atoms with van der Waals surface area (Å²) in [6.45, 7) is 2.85. The van der Waals surface area contributed by atoms with Crippen molar-refractivity contribution in [2.75, 3.05) is 6.26 Å². The van der Waals surface area contributed by atoms with Gasteiger partial charge in [0.2, 0.25) is 0 Å². The largest absolute Gasteiger partial charge is 0.299 e. The Morgan fingerprint density at radius 1 is 1.23 bits per heavy atom. The van der Waals surface area contributed by atoms with Crippen molar-refractivity contribution in [1.29, 1.82) is 0 Å². The van der Waals surface area contributed by atoms with Crippen LogP contribution in [0.2, 0.25) is 0 Å². The van der Waals surface area contributed by atoms with Crippen molar-refractivity contribution in [2.45, 2.75) is 31.6 Å². The molecule has 164 valence electrons. The van der Waals surface area contributed by atoms with E-state index in [-0.39, 0.29) is 23.9 Å². The van der Waals surface area contributed by atoms with Crippen LogP contribution in [0.4, 0.5) is 4.39 Å². The molecular weight excluding hydrogens is 425 g/mol. The fourth-order valence-electron chi connectivity index (χ4n) is 3.22. The molecule has 10 heteroatoms. The maximum absolute atomic E-state index is 14.9.